The number of rotatable bonds is 2. The molecule has 0 fully saturated rings. The van der Waals surface area contributed by atoms with Crippen molar-refractivity contribution in [2.75, 3.05) is 0 Å². The van der Waals surface area contributed by atoms with Crippen molar-refractivity contribution in [1.29, 1.82) is 0 Å². The van der Waals surface area contributed by atoms with Crippen molar-refractivity contribution in [1.82, 2.24) is 4.90 Å². The van der Waals surface area contributed by atoms with Crippen LogP contribution in [0.25, 0.3) is 0 Å². The average molecular weight is 361 g/mol. The van der Waals surface area contributed by atoms with Crippen LogP contribution in [-0.4, -0.2) is 27.2 Å². The first-order valence-corrected chi connectivity index (χ1v) is 8.08. The van der Waals surface area contributed by atoms with Gasteiger partial charge in [0.05, 0.1) is 0 Å². The van der Waals surface area contributed by atoms with Gasteiger partial charge in [-0.15, -0.1) is 0 Å². The van der Waals surface area contributed by atoms with E-state index in [1.165, 1.54) is 17.0 Å². The maximum Gasteiger partial charge on any atom is 0.261 e. The lowest BCUT2D eigenvalue weighted by molar-refractivity contribution is 0.0758. The highest BCUT2D eigenvalue weighted by Crippen LogP contribution is 2.29. The standard InChI is InChI=1S/C18H14ClFN2OS/c1-18(2)21-15(11-6-8-14(20)9-7-11)17(24)22(18)16(23)12-4-3-5-13(19)10-12/h3-10H,1-2H3. The second-order valence-electron chi connectivity index (χ2n) is 5.92. The molecule has 0 unspecified atom stereocenters. The van der Waals surface area contributed by atoms with E-state index in [0.29, 0.717) is 26.8 Å². The Morgan fingerprint density at radius 1 is 1.21 bits per heavy atom. The van der Waals surface area contributed by atoms with Gasteiger partial charge in [0.25, 0.3) is 5.91 Å². The van der Waals surface area contributed by atoms with Gasteiger partial charge in [-0.2, -0.15) is 0 Å². The minimum Gasteiger partial charge on any atom is -0.272 e. The molecule has 1 amide bonds. The summed E-state index contributed by atoms with van der Waals surface area (Å²) in [5.41, 5.74) is 0.787. The van der Waals surface area contributed by atoms with Crippen molar-refractivity contribution >= 4 is 40.4 Å². The molecule has 24 heavy (non-hydrogen) atoms. The number of benzene rings is 2. The first-order chi connectivity index (χ1) is 11.3. The van der Waals surface area contributed by atoms with Crippen LogP contribution in [0.15, 0.2) is 53.5 Å². The molecule has 122 valence electrons. The maximum absolute atomic E-state index is 13.1. The predicted molar refractivity (Wildman–Crippen MR) is 97.2 cm³/mol. The number of amides is 1. The summed E-state index contributed by atoms with van der Waals surface area (Å²) in [5, 5.41) is 0.475. The second-order valence-corrected chi connectivity index (χ2v) is 6.74. The number of thiocarbonyl (C=S) groups is 1. The Morgan fingerprint density at radius 2 is 1.88 bits per heavy atom. The van der Waals surface area contributed by atoms with Gasteiger partial charge in [-0.25, -0.2) is 4.39 Å². The summed E-state index contributed by atoms with van der Waals surface area (Å²) < 4.78 is 13.1. The predicted octanol–water partition coefficient (Wildman–Crippen LogP) is 4.49. The monoisotopic (exact) mass is 360 g/mol. The van der Waals surface area contributed by atoms with Gasteiger partial charge in [0, 0.05) is 16.1 Å². The highest BCUT2D eigenvalue weighted by Gasteiger charge is 2.42. The lowest BCUT2D eigenvalue weighted by Gasteiger charge is -2.29. The molecule has 6 heteroatoms. The molecule has 1 heterocycles. The van der Waals surface area contributed by atoms with Gasteiger partial charge in [-0.3, -0.25) is 14.7 Å². The Kier molecular flexibility index (Phi) is 4.24. The molecule has 0 saturated heterocycles. The summed E-state index contributed by atoms with van der Waals surface area (Å²) in [5.74, 6) is -0.609. The third-order valence-corrected chi connectivity index (χ3v) is 4.34. The van der Waals surface area contributed by atoms with Crippen LogP contribution in [0.2, 0.25) is 5.02 Å². The fourth-order valence-corrected chi connectivity index (χ4v) is 3.27. The minimum atomic E-state index is -0.833. The Bertz CT molecular complexity index is 862. The molecule has 0 aliphatic carbocycles. The molecule has 0 atom stereocenters. The zero-order valence-electron chi connectivity index (χ0n) is 13.1. The molecule has 0 radical (unpaired) electrons. The van der Waals surface area contributed by atoms with Crippen LogP contribution >= 0.6 is 23.8 Å². The minimum absolute atomic E-state index is 0.270. The van der Waals surface area contributed by atoms with E-state index in [-0.39, 0.29) is 11.7 Å². The molecule has 2 aromatic carbocycles. The summed E-state index contributed by atoms with van der Waals surface area (Å²) in [7, 11) is 0. The van der Waals surface area contributed by atoms with Crippen molar-refractivity contribution < 1.29 is 9.18 Å². The Labute approximate surface area is 149 Å². The molecule has 1 aliphatic heterocycles. The molecular weight excluding hydrogens is 347 g/mol. The molecule has 0 aromatic heterocycles. The van der Waals surface area contributed by atoms with E-state index in [4.69, 9.17) is 23.8 Å². The zero-order chi connectivity index (χ0) is 17.5. The number of hydrogen-bond donors (Lipinski definition) is 0. The van der Waals surface area contributed by atoms with Crippen molar-refractivity contribution in [2.24, 2.45) is 4.99 Å². The normalized spacial score (nSPS) is 16.2. The smallest absolute Gasteiger partial charge is 0.261 e. The third-order valence-electron chi connectivity index (χ3n) is 3.73. The van der Waals surface area contributed by atoms with Gasteiger partial charge in [0.1, 0.15) is 22.2 Å². The molecular formula is C18H14ClFN2OS. The van der Waals surface area contributed by atoms with E-state index in [1.54, 1.807) is 50.2 Å². The van der Waals surface area contributed by atoms with Crippen LogP contribution in [0.4, 0.5) is 4.39 Å². The molecule has 0 spiro atoms. The summed E-state index contributed by atoms with van der Waals surface area (Å²) in [6.07, 6.45) is 0. The lowest BCUT2D eigenvalue weighted by Crippen LogP contribution is -2.46. The average Bonchev–Trinajstić information content (AvgIpc) is 2.77. The molecule has 3 rings (SSSR count). The van der Waals surface area contributed by atoms with E-state index in [1.807, 2.05) is 0 Å². The molecule has 1 aliphatic rings. The zero-order valence-corrected chi connectivity index (χ0v) is 14.7. The van der Waals surface area contributed by atoms with Crippen LogP contribution in [0.3, 0.4) is 0 Å². The number of halogens is 2. The van der Waals surface area contributed by atoms with Gasteiger partial charge in [-0.1, -0.05) is 29.9 Å². The number of carbonyl (C=O) groups excluding carboxylic acids is 1. The van der Waals surface area contributed by atoms with Gasteiger partial charge in [0.2, 0.25) is 0 Å². The molecule has 3 nitrogen and oxygen atoms in total. The summed E-state index contributed by atoms with van der Waals surface area (Å²) in [4.78, 5) is 19.3. The van der Waals surface area contributed by atoms with Crippen LogP contribution in [0.5, 0.6) is 0 Å². The number of aliphatic imine (C=N–C) groups is 1. The Hall–Kier alpha value is -2.11. The quantitative estimate of drug-likeness (QED) is 0.739. The molecule has 0 bridgehead atoms. The van der Waals surface area contributed by atoms with E-state index in [9.17, 15) is 9.18 Å². The van der Waals surface area contributed by atoms with Crippen molar-refractivity contribution in [3.63, 3.8) is 0 Å². The first kappa shape index (κ1) is 16.7. The molecule has 0 saturated carbocycles. The van der Waals surface area contributed by atoms with Crippen molar-refractivity contribution in [2.45, 2.75) is 19.5 Å². The first-order valence-electron chi connectivity index (χ1n) is 7.30. The Morgan fingerprint density at radius 3 is 2.50 bits per heavy atom. The molecule has 2 aromatic rings. The third kappa shape index (κ3) is 2.97. The number of nitrogens with zero attached hydrogens (tertiary/aromatic N) is 2. The second kappa shape index (κ2) is 6.07. The SMILES string of the molecule is CC1(C)N=C(c2ccc(F)cc2)C(=S)N1C(=O)c1cccc(Cl)c1. The summed E-state index contributed by atoms with van der Waals surface area (Å²) in [6.45, 7) is 3.61. The highest BCUT2D eigenvalue weighted by molar-refractivity contribution is 7.82. The molecule has 0 N–H and O–H groups in total. The van der Waals surface area contributed by atoms with Crippen LogP contribution in [0.1, 0.15) is 29.8 Å². The van der Waals surface area contributed by atoms with E-state index in [2.05, 4.69) is 4.99 Å². The lowest BCUT2D eigenvalue weighted by atomic mass is 10.1. The fourth-order valence-electron chi connectivity index (χ4n) is 2.61. The van der Waals surface area contributed by atoms with E-state index >= 15 is 0 Å². The number of carbonyl (C=O) groups is 1. The van der Waals surface area contributed by atoms with Gasteiger partial charge < -0.3 is 0 Å². The van der Waals surface area contributed by atoms with Crippen molar-refractivity contribution in [3.8, 4) is 0 Å². The topological polar surface area (TPSA) is 32.7 Å². The van der Waals surface area contributed by atoms with Crippen LogP contribution < -0.4 is 0 Å². The summed E-state index contributed by atoms with van der Waals surface area (Å²) in [6, 6.07) is 12.6. The van der Waals surface area contributed by atoms with E-state index in [0.717, 1.165) is 0 Å². The van der Waals surface area contributed by atoms with Gasteiger partial charge >= 0.3 is 0 Å². The largest absolute Gasteiger partial charge is 0.272 e. The van der Waals surface area contributed by atoms with Gasteiger partial charge in [-0.05, 0) is 56.3 Å². The number of hydrogen-bond acceptors (Lipinski definition) is 3. The highest BCUT2D eigenvalue weighted by atomic mass is 35.5. The fraction of sp³-hybridized carbons (Fsp3) is 0.167. The van der Waals surface area contributed by atoms with Crippen LogP contribution in [-0.2, 0) is 0 Å². The maximum atomic E-state index is 13.1. The van der Waals surface area contributed by atoms with Gasteiger partial charge in [0.15, 0.2) is 0 Å². The Balaban J connectivity index is 1.98. The van der Waals surface area contributed by atoms with Crippen LogP contribution in [0, 0.1) is 5.82 Å². The van der Waals surface area contributed by atoms with E-state index < -0.39 is 5.66 Å². The van der Waals surface area contributed by atoms with Crippen molar-refractivity contribution in [3.05, 3.63) is 70.5 Å². The summed E-state index contributed by atoms with van der Waals surface area (Å²) >= 11 is 11.5.